The molecule has 2 aromatic carbocycles. The van der Waals surface area contributed by atoms with Gasteiger partial charge >= 0.3 is 0 Å². The number of nitrogens with one attached hydrogen (secondary N) is 1. The molecule has 0 unspecified atom stereocenters. The van der Waals surface area contributed by atoms with E-state index in [1.54, 1.807) is 12.1 Å². The maximum absolute atomic E-state index is 12.5. The molecule has 1 amide bonds. The van der Waals surface area contributed by atoms with Crippen LogP contribution in [0.15, 0.2) is 42.5 Å². The Morgan fingerprint density at radius 2 is 1.79 bits per heavy atom. The predicted molar refractivity (Wildman–Crippen MR) is 115 cm³/mol. The Hall–Kier alpha value is -2.73. The molecule has 1 aliphatic rings. The average Bonchev–Trinajstić information content (AvgIpc) is 2.73. The lowest BCUT2D eigenvalue weighted by Gasteiger charge is -2.36. The van der Waals surface area contributed by atoms with Gasteiger partial charge in [0.05, 0.1) is 18.0 Å². The normalized spacial score (nSPS) is 14.7. The summed E-state index contributed by atoms with van der Waals surface area (Å²) >= 11 is 0. The van der Waals surface area contributed by atoms with E-state index < -0.39 is 0 Å². The number of piperazine rings is 1. The summed E-state index contributed by atoms with van der Waals surface area (Å²) in [5.41, 5.74) is 9.28. The molecule has 1 fully saturated rings. The van der Waals surface area contributed by atoms with Crippen molar-refractivity contribution in [3.05, 3.63) is 48.0 Å². The number of amides is 1. The van der Waals surface area contributed by atoms with Crippen molar-refractivity contribution in [1.82, 2.24) is 4.90 Å². The first-order valence-electron chi connectivity index (χ1n) is 10.0. The molecule has 1 saturated heterocycles. The van der Waals surface area contributed by atoms with E-state index in [9.17, 15) is 4.79 Å². The Kier molecular flexibility index (Phi) is 6.76. The monoisotopic (exact) mass is 382 g/mol. The average molecular weight is 383 g/mol. The van der Waals surface area contributed by atoms with E-state index in [4.69, 9.17) is 10.5 Å². The number of likely N-dealkylation sites (N-methyl/N-ethyl adjacent to an activating group) is 1. The molecule has 3 rings (SSSR count). The largest absolute Gasteiger partial charge is 0.494 e. The fourth-order valence-corrected chi connectivity index (χ4v) is 3.35. The van der Waals surface area contributed by atoms with E-state index in [0.717, 1.165) is 50.6 Å². The van der Waals surface area contributed by atoms with E-state index in [1.807, 2.05) is 30.3 Å². The highest BCUT2D eigenvalue weighted by Crippen LogP contribution is 2.28. The maximum atomic E-state index is 12.5. The molecule has 150 valence electrons. The van der Waals surface area contributed by atoms with E-state index in [1.165, 1.54) is 0 Å². The first kappa shape index (κ1) is 20.0. The van der Waals surface area contributed by atoms with Crippen LogP contribution < -0.4 is 20.7 Å². The zero-order chi connectivity index (χ0) is 19.9. The van der Waals surface area contributed by atoms with E-state index in [-0.39, 0.29) is 5.91 Å². The molecule has 28 heavy (non-hydrogen) atoms. The predicted octanol–water partition coefficient (Wildman–Crippen LogP) is 3.45. The van der Waals surface area contributed by atoms with Crippen molar-refractivity contribution < 1.29 is 9.53 Å². The topological polar surface area (TPSA) is 70.8 Å². The molecule has 0 bridgehead atoms. The summed E-state index contributed by atoms with van der Waals surface area (Å²) < 4.78 is 5.55. The lowest BCUT2D eigenvalue weighted by Crippen LogP contribution is -2.46. The third kappa shape index (κ3) is 4.95. The first-order chi connectivity index (χ1) is 13.6. The number of rotatable bonds is 7. The van der Waals surface area contributed by atoms with E-state index >= 15 is 0 Å². The number of benzene rings is 2. The van der Waals surface area contributed by atoms with Crippen molar-refractivity contribution in [3.8, 4) is 5.75 Å². The quantitative estimate of drug-likeness (QED) is 0.718. The third-order valence-electron chi connectivity index (χ3n) is 5.03. The fraction of sp³-hybridized carbons (Fsp3) is 0.409. The van der Waals surface area contributed by atoms with Crippen LogP contribution in [0.1, 0.15) is 30.6 Å². The van der Waals surface area contributed by atoms with E-state index in [0.29, 0.717) is 23.5 Å². The van der Waals surface area contributed by atoms with Crippen molar-refractivity contribution in [2.24, 2.45) is 0 Å². The summed E-state index contributed by atoms with van der Waals surface area (Å²) in [6.07, 6.45) is 0.952. The minimum Gasteiger partial charge on any atom is -0.494 e. The van der Waals surface area contributed by atoms with Gasteiger partial charge in [0, 0.05) is 37.4 Å². The molecule has 2 aromatic rings. The number of nitrogen functional groups attached to an aromatic ring is 1. The van der Waals surface area contributed by atoms with Crippen LogP contribution in [0.3, 0.4) is 0 Å². The van der Waals surface area contributed by atoms with Gasteiger partial charge in [0.1, 0.15) is 5.75 Å². The van der Waals surface area contributed by atoms with Crippen LogP contribution in [-0.2, 0) is 0 Å². The van der Waals surface area contributed by atoms with Crippen LogP contribution in [-0.4, -0.2) is 50.1 Å². The van der Waals surface area contributed by atoms with Gasteiger partial charge in [-0.3, -0.25) is 4.79 Å². The number of hydrogen-bond donors (Lipinski definition) is 2. The lowest BCUT2D eigenvalue weighted by atomic mass is 10.1. The summed E-state index contributed by atoms with van der Waals surface area (Å²) in [5, 5.41) is 2.92. The number of anilines is 3. The summed E-state index contributed by atoms with van der Waals surface area (Å²) in [4.78, 5) is 17.2. The van der Waals surface area contributed by atoms with Gasteiger partial charge in [-0.2, -0.15) is 0 Å². The lowest BCUT2D eigenvalue weighted by molar-refractivity contribution is 0.102. The zero-order valence-corrected chi connectivity index (χ0v) is 16.8. The van der Waals surface area contributed by atoms with Gasteiger partial charge < -0.3 is 25.6 Å². The number of carbonyl (C=O) groups excluding carboxylic acids is 1. The highest BCUT2D eigenvalue weighted by molar-refractivity contribution is 6.04. The highest BCUT2D eigenvalue weighted by atomic mass is 16.5. The van der Waals surface area contributed by atoms with Crippen LogP contribution in [0.2, 0.25) is 0 Å². The molecule has 1 aliphatic heterocycles. The van der Waals surface area contributed by atoms with Crippen molar-refractivity contribution in [2.45, 2.75) is 20.3 Å². The molecule has 0 aliphatic carbocycles. The molecular weight excluding hydrogens is 352 g/mol. The molecule has 0 spiro atoms. The number of ether oxygens (including phenoxy) is 1. The summed E-state index contributed by atoms with van der Waals surface area (Å²) in [6.45, 7) is 10.0. The van der Waals surface area contributed by atoms with Crippen molar-refractivity contribution >= 4 is 23.0 Å². The Morgan fingerprint density at radius 1 is 1.07 bits per heavy atom. The van der Waals surface area contributed by atoms with Crippen molar-refractivity contribution in [2.75, 3.05) is 55.3 Å². The second-order valence-electron chi connectivity index (χ2n) is 7.02. The van der Waals surface area contributed by atoms with Gasteiger partial charge in [0.25, 0.3) is 5.91 Å². The maximum Gasteiger partial charge on any atom is 0.255 e. The van der Waals surface area contributed by atoms with Gasteiger partial charge in [-0.15, -0.1) is 0 Å². The Balaban J connectivity index is 1.61. The summed E-state index contributed by atoms with van der Waals surface area (Å²) in [7, 11) is 0. The Labute approximate surface area is 167 Å². The van der Waals surface area contributed by atoms with Crippen molar-refractivity contribution in [1.29, 1.82) is 0 Å². The number of carbonyl (C=O) groups is 1. The van der Waals surface area contributed by atoms with Gasteiger partial charge in [-0.05, 0) is 55.4 Å². The van der Waals surface area contributed by atoms with Gasteiger partial charge in [-0.1, -0.05) is 13.8 Å². The van der Waals surface area contributed by atoms with Crippen molar-refractivity contribution in [3.63, 3.8) is 0 Å². The summed E-state index contributed by atoms with van der Waals surface area (Å²) in [6, 6.07) is 12.9. The van der Waals surface area contributed by atoms with E-state index in [2.05, 4.69) is 29.0 Å². The molecule has 0 aromatic heterocycles. The molecule has 6 nitrogen and oxygen atoms in total. The molecule has 3 N–H and O–H groups in total. The molecule has 0 atom stereocenters. The van der Waals surface area contributed by atoms with Gasteiger partial charge in [-0.25, -0.2) is 0 Å². The first-order valence-corrected chi connectivity index (χ1v) is 10.0. The molecule has 6 heteroatoms. The zero-order valence-electron chi connectivity index (χ0n) is 16.8. The summed E-state index contributed by atoms with van der Waals surface area (Å²) in [5.74, 6) is 0.612. The standard InChI is InChI=1S/C22H30N4O2/c1-3-15-28-19-8-5-17(6-9-19)22(27)24-18-7-10-21(20(23)16-18)26-13-11-25(4-2)12-14-26/h5-10,16H,3-4,11-15,23H2,1-2H3,(H,24,27). The van der Waals surface area contributed by atoms with Gasteiger partial charge in [0.15, 0.2) is 0 Å². The number of nitrogens with zero attached hydrogens (tertiary/aromatic N) is 2. The molecular formula is C22H30N4O2. The van der Waals surface area contributed by atoms with Crippen LogP contribution in [0, 0.1) is 0 Å². The fourth-order valence-electron chi connectivity index (χ4n) is 3.35. The number of hydrogen-bond acceptors (Lipinski definition) is 5. The smallest absolute Gasteiger partial charge is 0.255 e. The molecule has 0 saturated carbocycles. The minimum atomic E-state index is -0.161. The van der Waals surface area contributed by atoms with Crippen LogP contribution in [0.5, 0.6) is 5.75 Å². The third-order valence-corrected chi connectivity index (χ3v) is 5.03. The molecule has 0 radical (unpaired) electrons. The van der Waals surface area contributed by atoms with Crippen LogP contribution in [0.25, 0.3) is 0 Å². The number of nitrogens with two attached hydrogens (primary N) is 1. The minimum absolute atomic E-state index is 0.161. The van der Waals surface area contributed by atoms with Crippen LogP contribution >= 0.6 is 0 Å². The Morgan fingerprint density at radius 3 is 2.39 bits per heavy atom. The second kappa shape index (κ2) is 9.46. The van der Waals surface area contributed by atoms with Crippen LogP contribution in [0.4, 0.5) is 17.1 Å². The molecule has 1 heterocycles. The van der Waals surface area contributed by atoms with Gasteiger partial charge in [0.2, 0.25) is 0 Å². The highest BCUT2D eigenvalue weighted by Gasteiger charge is 2.18. The second-order valence-corrected chi connectivity index (χ2v) is 7.02. The SMILES string of the molecule is CCCOc1ccc(C(=O)Nc2ccc(N3CCN(CC)CC3)c(N)c2)cc1. The Bertz CT molecular complexity index is 784.